The largest absolute Gasteiger partial charge is 0.394 e. The van der Waals surface area contributed by atoms with E-state index in [1.807, 2.05) is 0 Å². The van der Waals surface area contributed by atoms with E-state index in [2.05, 4.69) is 32.0 Å². The third-order valence-corrected chi connectivity index (χ3v) is 4.22. The number of nitriles is 1. The first-order valence-corrected chi connectivity index (χ1v) is 6.93. The third-order valence-electron chi connectivity index (χ3n) is 3.44. The summed E-state index contributed by atoms with van der Waals surface area (Å²) in [6.45, 7) is -0.0183. The van der Waals surface area contributed by atoms with Crippen molar-refractivity contribution in [3.63, 3.8) is 0 Å². The molecule has 1 saturated heterocycles. The predicted octanol–water partition coefficient (Wildman–Crippen LogP) is 1.32. The molecule has 0 radical (unpaired) electrons. The quantitative estimate of drug-likeness (QED) is 0.854. The highest BCUT2D eigenvalue weighted by atomic mass is 79.9. The smallest absolute Gasteiger partial charge is 0.149 e. The number of halogens is 1. The molecule has 8 heteroatoms. The number of aliphatic hydroxyl groups is 1. The lowest BCUT2D eigenvalue weighted by Gasteiger charge is -2.16. The number of aliphatic hydroxyl groups excluding tert-OH is 1. The second kappa shape index (κ2) is 5.01. The number of hydrogen-bond donors (Lipinski definition) is 2. The lowest BCUT2D eigenvalue weighted by atomic mass is 10.2. The number of nitrogens with zero attached hydrogens (tertiary/aromatic N) is 4. The molecule has 104 valence electrons. The molecule has 0 unspecified atom stereocenters. The topological polar surface area (TPSA) is 110 Å². The average molecular weight is 338 g/mol. The van der Waals surface area contributed by atoms with E-state index in [0.717, 1.165) is 12.8 Å². The van der Waals surface area contributed by atoms with Gasteiger partial charge in [0.1, 0.15) is 34.7 Å². The fraction of sp³-hybridized carbons (Fsp3) is 0.417. The Morgan fingerprint density at radius 1 is 1.55 bits per heavy atom. The molecule has 3 N–H and O–H groups in total. The molecule has 0 aromatic carbocycles. The highest BCUT2D eigenvalue weighted by molar-refractivity contribution is 9.10. The third kappa shape index (κ3) is 1.86. The Morgan fingerprint density at radius 3 is 3.00 bits per heavy atom. The number of fused-ring (bicyclic) bond motifs is 1. The van der Waals surface area contributed by atoms with Crippen LogP contribution in [0.3, 0.4) is 0 Å². The maximum atomic E-state index is 9.31. The van der Waals surface area contributed by atoms with Crippen LogP contribution < -0.4 is 5.73 Å². The van der Waals surface area contributed by atoms with Crippen molar-refractivity contribution in [2.75, 3.05) is 12.3 Å². The fourth-order valence-electron chi connectivity index (χ4n) is 2.50. The van der Waals surface area contributed by atoms with E-state index >= 15 is 0 Å². The summed E-state index contributed by atoms with van der Waals surface area (Å²) in [5.74, 6) is 0.266. The Labute approximate surface area is 123 Å². The van der Waals surface area contributed by atoms with E-state index in [1.165, 1.54) is 6.33 Å². The maximum absolute atomic E-state index is 9.31. The normalized spacial score (nSPS) is 22.2. The van der Waals surface area contributed by atoms with Crippen LogP contribution in [0.1, 0.15) is 24.6 Å². The molecule has 0 bridgehead atoms. The van der Waals surface area contributed by atoms with Gasteiger partial charge in [0.25, 0.3) is 0 Å². The average Bonchev–Trinajstić information content (AvgIpc) is 3.01. The van der Waals surface area contributed by atoms with E-state index in [0.29, 0.717) is 21.2 Å². The van der Waals surface area contributed by atoms with Gasteiger partial charge >= 0.3 is 0 Å². The molecule has 1 fully saturated rings. The van der Waals surface area contributed by atoms with E-state index in [1.54, 1.807) is 4.57 Å². The van der Waals surface area contributed by atoms with Gasteiger partial charge in [-0.3, -0.25) is 4.57 Å². The minimum Gasteiger partial charge on any atom is -0.394 e. The Hall–Kier alpha value is -1.69. The van der Waals surface area contributed by atoms with Gasteiger partial charge in [0.05, 0.1) is 23.7 Å². The minimum atomic E-state index is -0.277. The predicted molar refractivity (Wildman–Crippen MR) is 74.6 cm³/mol. The number of rotatable bonds is 2. The summed E-state index contributed by atoms with van der Waals surface area (Å²) in [4.78, 5) is 8.14. The van der Waals surface area contributed by atoms with E-state index in [-0.39, 0.29) is 24.8 Å². The summed E-state index contributed by atoms with van der Waals surface area (Å²) >= 11 is 3.42. The second-order valence-electron chi connectivity index (χ2n) is 4.58. The first-order chi connectivity index (χ1) is 9.67. The number of aromatic nitrogens is 3. The van der Waals surface area contributed by atoms with Crippen LogP contribution in [0.5, 0.6) is 0 Å². The number of ether oxygens (including phenoxy) is 1. The zero-order chi connectivity index (χ0) is 14.3. The molecule has 0 spiro atoms. The Balaban J connectivity index is 2.19. The van der Waals surface area contributed by atoms with Gasteiger partial charge in [-0.25, -0.2) is 9.97 Å². The van der Waals surface area contributed by atoms with Gasteiger partial charge in [0.2, 0.25) is 0 Å². The van der Waals surface area contributed by atoms with Crippen LogP contribution in [0.25, 0.3) is 11.0 Å². The number of anilines is 1. The Kier molecular flexibility index (Phi) is 3.33. The van der Waals surface area contributed by atoms with Gasteiger partial charge in [-0.05, 0) is 28.8 Å². The van der Waals surface area contributed by atoms with Gasteiger partial charge < -0.3 is 15.6 Å². The molecule has 1 aliphatic heterocycles. The summed E-state index contributed by atoms with van der Waals surface area (Å²) < 4.78 is 8.12. The molecule has 0 aliphatic carbocycles. The molecular formula is C12H12BrN5O2. The van der Waals surface area contributed by atoms with Crippen molar-refractivity contribution >= 4 is 32.8 Å². The maximum Gasteiger partial charge on any atom is 0.149 e. The molecule has 2 aromatic heterocycles. The van der Waals surface area contributed by atoms with Crippen LogP contribution in [0.2, 0.25) is 0 Å². The summed E-state index contributed by atoms with van der Waals surface area (Å²) in [6, 6.07) is 2.12. The van der Waals surface area contributed by atoms with Gasteiger partial charge in [0.15, 0.2) is 0 Å². The highest BCUT2D eigenvalue weighted by Gasteiger charge is 2.31. The Bertz CT molecular complexity index is 708. The van der Waals surface area contributed by atoms with Crippen molar-refractivity contribution in [3.05, 3.63) is 16.5 Å². The summed E-state index contributed by atoms with van der Waals surface area (Å²) in [6.07, 6.45) is 2.40. The van der Waals surface area contributed by atoms with Crippen LogP contribution in [-0.2, 0) is 4.74 Å². The van der Waals surface area contributed by atoms with Gasteiger partial charge in [0, 0.05) is 0 Å². The molecule has 0 saturated carbocycles. The lowest BCUT2D eigenvalue weighted by Crippen LogP contribution is -2.14. The van der Waals surface area contributed by atoms with Crippen LogP contribution in [-0.4, -0.2) is 32.4 Å². The highest BCUT2D eigenvalue weighted by Crippen LogP contribution is 2.38. The number of nitrogens with two attached hydrogens (primary N) is 1. The molecule has 2 aromatic rings. The monoisotopic (exact) mass is 337 g/mol. The zero-order valence-electron chi connectivity index (χ0n) is 10.5. The van der Waals surface area contributed by atoms with Crippen molar-refractivity contribution in [1.29, 1.82) is 5.26 Å². The van der Waals surface area contributed by atoms with Crippen LogP contribution in [0.15, 0.2) is 10.9 Å². The number of nitrogen functional groups attached to an aromatic ring is 1. The lowest BCUT2D eigenvalue weighted by molar-refractivity contribution is -0.0214. The van der Waals surface area contributed by atoms with Crippen LogP contribution >= 0.6 is 15.9 Å². The molecule has 0 amide bonds. The zero-order valence-corrected chi connectivity index (χ0v) is 12.0. The van der Waals surface area contributed by atoms with Gasteiger partial charge in [-0.1, -0.05) is 0 Å². The van der Waals surface area contributed by atoms with Crippen LogP contribution in [0.4, 0.5) is 5.82 Å². The molecule has 3 rings (SSSR count). The van der Waals surface area contributed by atoms with E-state index in [4.69, 9.17) is 15.6 Å². The van der Waals surface area contributed by atoms with Crippen molar-refractivity contribution in [1.82, 2.24) is 14.5 Å². The van der Waals surface area contributed by atoms with Gasteiger partial charge in [-0.15, -0.1) is 0 Å². The SMILES string of the molecule is N#Cc1c(Br)n([C@H]2CC[C@@H](CO)O2)c2ncnc(N)c12. The second-order valence-corrected chi connectivity index (χ2v) is 5.33. The van der Waals surface area contributed by atoms with E-state index in [9.17, 15) is 5.26 Å². The number of hydrogen-bond acceptors (Lipinski definition) is 6. The van der Waals surface area contributed by atoms with Crippen LogP contribution in [0, 0.1) is 11.3 Å². The molecule has 3 heterocycles. The summed E-state index contributed by atoms with van der Waals surface area (Å²) in [7, 11) is 0. The molecule has 20 heavy (non-hydrogen) atoms. The van der Waals surface area contributed by atoms with E-state index < -0.39 is 0 Å². The van der Waals surface area contributed by atoms with Crippen molar-refractivity contribution in [3.8, 4) is 6.07 Å². The van der Waals surface area contributed by atoms with Crippen molar-refractivity contribution in [2.24, 2.45) is 0 Å². The standard InChI is InChI=1S/C12H12BrN5O2/c13-10-7(3-14)9-11(15)16-5-17-12(9)18(10)8-2-1-6(4-19)20-8/h5-6,8,19H,1-2,4H2,(H2,15,16,17)/t6-,8+/m0/s1. The van der Waals surface area contributed by atoms with Crippen molar-refractivity contribution < 1.29 is 9.84 Å². The summed E-state index contributed by atoms with van der Waals surface area (Å²) in [5, 5.41) is 19.0. The molecular weight excluding hydrogens is 326 g/mol. The van der Waals surface area contributed by atoms with Gasteiger partial charge in [-0.2, -0.15) is 5.26 Å². The fourth-order valence-corrected chi connectivity index (χ4v) is 3.19. The molecule has 7 nitrogen and oxygen atoms in total. The molecule has 1 aliphatic rings. The first-order valence-electron chi connectivity index (χ1n) is 6.13. The molecule has 2 atom stereocenters. The first kappa shape index (κ1) is 13.3. The summed E-state index contributed by atoms with van der Waals surface area (Å²) in [5.41, 5.74) is 6.81. The van der Waals surface area contributed by atoms with Crippen molar-refractivity contribution in [2.45, 2.75) is 25.2 Å². The minimum absolute atomic E-state index is 0.0183. The Morgan fingerprint density at radius 2 is 2.35 bits per heavy atom.